The number of amides is 1. The minimum absolute atomic E-state index is 0.141. The Labute approximate surface area is 169 Å². The molecule has 0 saturated carbocycles. The maximum atomic E-state index is 12.9. The van der Waals surface area contributed by atoms with Crippen LogP contribution in [0.5, 0.6) is 0 Å². The Balaban J connectivity index is 1.51. The van der Waals surface area contributed by atoms with E-state index in [1.165, 1.54) is 0 Å². The molecule has 29 heavy (non-hydrogen) atoms. The molecule has 4 aromatic rings. The number of nitrogens with one attached hydrogen (secondary N) is 1. The Morgan fingerprint density at radius 3 is 2.55 bits per heavy atom. The van der Waals surface area contributed by atoms with Crippen LogP contribution in [0.15, 0.2) is 73.3 Å². The number of hydrogen-bond donors (Lipinski definition) is 1. The van der Waals surface area contributed by atoms with Crippen LogP contribution in [-0.4, -0.2) is 30.5 Å². The molecule has 0 unspecified atom stereocenters. The largest absolute Gasteiger partial charge is 0.348 e. The predicted molar refractivity (Wildman–Crippen MR) is 110 cm³/mol. The lowest BCUT2D eigenvalue weighted by Crippen LogP contribution is -2.24. The van der Waals surface area contributed by atoms with Crippen LogP contribution in [0.2, 0.25) is 0 Å². The molecule has 3 aromatic heterocycles. The molecule has 1 amide bonds. The van der Waals surface area contributed by atoms with E-state index in [1.807, 2.05) is 60.3 Å². The molecule has 7 heteroatoms. The molecule has 1 aromatic carbocycles. The van der Waals surface area contributed by atoms with Gasteiger partial charge < -0.3 is 5.32 Å². The zero-order valence-corrected chi connectivity index (χ0v) is 16.2. The first kappa shape index (κ1) is 18.6. The number of aromatic nitrogens is 5. The van der Waals surface area contributed by atoms with Gasteiger partial charge in [0, 0.05) is 25.1 Å². The van der Waals surface area contributed by atoms with Crippen molar-refractivity contribution in [2.75, 3.05) is 0 Å². The fourth-order valence-electron chi connectivity index (χ4n) is 3.30. The third-order valence-corrected chi connectivity index (χ3v) is 4.76. The number of nitrogens with zero attached hydrogens (tertiary/aromatic N) is 5. The third-order valence-electron chi connectivity index (χ3n) is 4.76. The number of benzene rings is 1. The smallest absolute Gasteiger partial charge is 0.255 e. The molecule has 0 aliphatic rings. The molecule has 0 radical (unpaired) electrons. The van der Waals surface area contributed by atoms with Crippen LogP contribution in [-0.2, 0) is 19.5 Å². The second kappa shape index (κ2) is 8.52. The lowest BCUT2D eigenvalue weighted by atomic mass is 10.1. The first-order chi connectivity index (χ1) is 14.3. The van der Waals surface area contributed by atoms with E-state index in [9.17, 15) is 4.79 Å². The van der Waals surface area contributed by atoms with E-state index in [0.29, 0.717) is 30.9 Å². The summed E-state index contributed by atoms with van der Waals surface area (Å²) in [4.78, 5) is 17.2. The summed E-state index contributed by atoms with van der Waals surface area (Å²) in [6.45, 7) is 3.11. The number of carbonyl (C=O) groups excluding carboxylic acids is 1. The fourth-order valence-corrected chi connectivity index (χ4v) is 3.30. The van der Waals surface area contributed by atoms with E-state index in [-0.39, 0.29) is 5.91 Å². The van der Waals surface area contributed by atoms with Gasteiger partial charge >= 0.3 is 0 Å². The summed E-state index contributed by atoms with van der Waals surface area (Å²) < 4.78 is 3.59. The van der Waals surface area contributed by atoms with Crippen molar-refractivity contribution in [1.29, 1.82) is 0 Å². The topological polar surface area (TPSA) is 77.6 Å². The van der Waals surface area contributed by atoms with Gasteiger partial charge in [-0.15, -0.1) is 0 Å². The zero-order valence-electron chi connectivity index (χ0n) is 16.2. The molecule has 0 atom stereocenters. The van der Waals surface area contributed by atoms with Gasteiger partial charge in [-0.1, -0.05) is 37.3 Å². The molecule has 3 heterocycles. The lowest BCUT2D eigenvalue weighted by Gasteiger charge is -2.11. The zero-order chi connectivity index (χ0) is 20.1. The molecule has 0 fully saturated rings. The summed E-state index contributed by atoms with van der Waals surface area (Å²) >= 11 is 0. The first-order valence-corrected chi connectivity index (χ1v) is 9.57. The van der Waals surface area contributed by atoms with Gasteiger partial charge in [-0.05, 0) is 35.7 Å². The molecule has 4 rings (SSSR count). The Bertz CT molecular complexity index is 1090. The van der Waals surface area contributed by atoms with Crippen molar-refractivity contribution >= 4 is 5.91 Å². The summed E-state index contributed by atoms with van der Waals surface area (Å²) in [6, 6.07) is 15.6. The van der Waals surface area contributed by atoms with Crippen molar-refractivity contribution in [2.24, 2.45) is 0 Å². The van der Waals surface area contributed by atoms with Gasteiger partial charge in [0.15, 0.2) is 5.82 Å². The molecular formula is C22H22N6O. The minimum Gasteiger partial charge on any atom is -0.348 e. The summed E-state index contributed by atoms with van der Waals surface area (Å²) in [6.07, 6.45) is 7.69. The van der Waals surface area contributed by atoms with Crippen LogP contribution < -0.4 is 5.32 Å². The number of carbonyl (C=O) groups is 1. The third kappa shape index (κ3) is 4.08. The van der Waals surface area contributed by atoms with E-state index in [1.54, 1.807) is 23.3 Å². The number of pyridine rings is 1. The highest BCUT2D eigenvalue weighted by Gasteiger charge is 2.17. The normalized spacial score (nSPS) is 10.8. The second-order valence-electron chi connectivity index (χ2n) is 6.61. The molecule has 1 N–H and O–H groups in total. The van der Waals surface area contributed by atoms with Gasteiger partial charge in [0.2, 0.25) is 0 Å². The molecular weight excluding hydrogens is 364 g/mol. The van der Waals surface area contributed by atoms with Crippen molar-refractivity contribution in [3.05, 3.63) is 95.7 Å². The van der Waals surface area contributed by atoms with Gasteiger partial charge in [-0.2, -0.15) is 10.2 Å². The van der Waals surface area contributed by atoms with Crippen LogP contribution in [0.3, 0.4) is 0 Å². The molecule has 146 valence electrons. The first-order valence-electron chi connectivity index (χ1n) is 9.57. The fraction of sp³-hybridized carbons (Fsp3) is 0.182. The van der Waals surface area contributed by atoms with Crippen molar-refractivity contribution < 1.29 is 4.79 Å². The Morgan fingerprint density at radius 1 is 1.00 bits per heavy atom. The molecule has 0 bridgehead atoms. The van der Waals surface area contributed by atoms with Gasteiger partial charge in [0.1, 0.15) is 0 Å². The van der Waals surface area contributed by atoms with Crippen LogP contribution in [0.25, 0.3) is 5.82 Å². The highest BCUT2D eigenvalue weighted by molar-refractivity contribution is 5.95. The second-order valence-corrected chi connectivity index (χ2v) is 6.61. The number of hydrogen-bond acceptors (Lipinski definition) is 4. The van der Waals surface area contributed by atoms with Crippen LogP contribution >= 0.6 is 0 Å². The van der Waals surface area contributed by atoms with Crippen molar-refractivity contribution in [1.82, 2.24) is 29.9 Å². The molecule has 0 saturated heterocycles. The monoisotopic (exact) mass is 386 g/mol. The van der Waals surface area contributed by atoms with E-state index >= 15 is 0 Å². The van der Waals surface area contributed by atoms with Gasteiger partial charge in [-0.25, -0.2) is 9.67 Å². The summed E-state index contributed by atoms with van der Waals surface area (Å²) in [5, 5.41) is 11.7. The van der Waals surface area contributed by atoms with Crippen LogP contribution in [0.4, 0.5) is 0 Å². The highest BCUT2D eigenvalue weighted by Crippen LogP contribution is 2.15. The quantitative estimate of drug-likeness (QED) is 0.530. The van der Waals surface area contributed by atoms with Gasteiger partial charge in [-0.3, -0.25) is 9.48 Å². The Hall–Kier alpha value is -3.74. The summed E-state index contributed by atoms with van der Waals surface area (Å²) in [5.74, 6) is 0.561. The maximum absolute atomic E-state index is 12.9. The molecule has 0 spiro atoms. The van der Waals surface area contributed by atoms with Crippen molar-refractivity contribution in [3.63, 3.8) is 0 Å². The van der Waals surface area contributed by atoms with Crippen molar-refractivity contribution in [3.8, 4) is 5.82 Å². The van der Waals surface area contributed by atoms with Gasteiger partial charge in [0.05, 0.1) is 24.0 Å². The van der Waals surface area contributed by atoms with Gasteiger partial charge in [0.25, 0.3) is 5.91 Å². The minimum atomic E-state index is -0.141. The Kier molecular flexibility index (Phi) is 5.47. The predicted octanol–water partition coefficient (Wildman–Crippen LogP) is 3.00. The lowest BCUT2D eigenvalue weighted by molar-refractivity contribution is 0.0950. The standard InChI is InChI=1S/C22H22N6O/c1-2-20-19(15-26-28(20)21-10-5-6-11-23-21)22(29)24-14-17-8-3-4-9-18(17)16-27-13-7-12-25-27/h3-13,15H,2,14,16H2,1H3,(H,24,29). The van der Waals surface area contributed by atoms with E-state index < -0.39 is 0 Å². The summed E-state index contributed by atoms with van der Waals surface area (Å²) in [7, 11) is 0. The molecule has 0 aliphatic heterocycles. The van der Waals surface area contributed by atoms with E-state index in [4.69, 9.17) is 0 Å². The van der Waals surface area contributed by atoms with Crippen LogP contribution in [0, 0.1) is 0 Å². The number of rotatable bonds is 7. The molecule has 0 aliphatic carbocycles. The van der Waals surface area contributed by atoms with Crippen molar-refractivity contribution in [2.45, 2.75) is 26.4 Å². The average molecular weight is 386 g/mol. The van der Waals surface area contributed by atoms with Crippen LogP contribution in [0.1, 0.15) is 34.1 Å². The van der Waals surface area contributed by atoms with E-state index in [2.05, 4.69) is 26.6 Å². The SMILES string of the molecule is CCc1c(C(=O)NCc2ccccc2Cn2cccn2)cnn1-c1ccccn1. The average Bonchev–Trinajstić information content (AvgIpc) is 3.43. The Morgan fingerprint density at radius 2 is 1.83 bits per heavy atom. The maximum Gasteiger partial charge on any atom is 0.255 e. The molecule has 7 nitrogen and oxygen atoms in total. The van der Waals surface area contributed by atoms with E-state index in [0.717, 1.165) is 16.8 Å². The summed E-state index contributed by atoms with van der Waals surface area (Å²) in [5.41, 5.74) is 3.59. The highest BCUT2D eigenvalue weighted by atomic mass is 16.1.